The van der Waals surface area contributed by atoms with Crippen LogP contribution in [-0.2, 0) is 9.59 Å². The van der Waals surface area contributed by atoms with E-state index >= 15 is 0 Å². The molecule has 0 fully saturated rings. The fourth-order valence-corrected chi connectivity index (χ4v) is 4.22. The molecule has 1 aliphatic rings. The second-order valence-electron chi connectivity index (χ2n) is 7.49. The molecule has 0 saturated heterocycles. The second kappa shape index (κ2) is 10.5. The first-order chi connectivity index (χ1) is 17.2. The summed E-state index contributed by atoms with van der Waals surface area (Å²) in [6, 6.07) is 15.7. The standard InChI is InChI=1S/C25H18Cl3N3O5/c1-35-18-6-7-19(20(12-18)36-2)30-23(32)13-4-3-5-16(8-13)29-22-21(28)24(33)31(25(22)34)17-10-14(26)9-15(27)11-17/h3-12,29H,1-2H3,(H,30,32). The number of nitrogens with one attached hydrogen (secondary N) is 2. The predicted molar refractivity (Wildman–Crippen MR) is 139 cm³/mol. The first kappa shape index (κ1) is 25.4. The summed E-state index contributed by atoms with van der Waals surface area (Å²) in [5, 5.41) is 5.81. The van der Waals surface area contributed by atoms with Crippen molar-refractivity contribution in [3.63, 3.8) is 0 Å². The summed E-state index contributed by atoms with van der Waals surface area (Å²) in [5.74, 6) is -0.855. The average Bonchev–Trinajstić information content (AvgIpc) is 3.06. The van der Waals surface area contributed by atoms with Gasteiger partial charge in [0.05, 0.1) is 25.6 Å². The number of ether oxygens (including phenoxy) is 2. The normalized spacial score (nSPS) is 13.2. The summed E-state index contributed by atoms with van der Waals surface area (Å²) in [6.07, 6.45) is 0. The second-order valence-corrected chi connectivity index (χ2v) is 8.74. The van der Waals surface area contributed by atoms with Crippen LogP contribution in [0.2, 0.25) is 10.0 Å². The number of nitrogens with zero attached hydrogens (tertiary/aromatic N) is 1. The van der Waals surface area contributed by atoms with E-state index in [1.807, 2.05) is 0 Å². The molecule has 1 aliphatic heterocycles. The van der Waals surface area contributed by atoms with Crippen LogP contribution in [-0.4, -0.2) is 31.9 Å². The lowest BCUT2D eigenvalue weighted by molar-refractivity contribution is -0.120. The summed E-state index contributed by atoms with van der Waals surface area (Å²) >= 11 is 18.2. The number of hydrogen-bond acceptors (Lipinski definition) is 6. The van der Waals surface area contributed by atoms with E-state index in [-0.39, 0.29) is 32.0 Å². The molecule has 0 aliphatic carbocycles. The van der Waals surface area contributed by atoms with E-state index in [0.29, 0.717) is 22.9 Å². The minimum Gasteiger partial charge on any atom is -0.497 e. The highest BCUT2D eigenvalue weighted by molar-refractivity contribution is 6.53. The lowest BCUT2D eigenvalue weighted by Gasteiger charge is -2.16. The van der Waals surface area contributed by atoms with Crippen LogP contribution in [0.5, 0.6) is 11.5 Å². The number of imide groups is 1. The van der Waals surface area contributed by atoms with Crippen LogP contribution >= 0.6 is 34.8 Å². The van der Waals surface area contributed by atoms with Crippen molar-refractivity contribution in [2.45, 2.75) is 0 Å². The van der Waals surface area contributed by atoms with Crippen molar-refractivity contribution in [1.82, 2.24) is 0 Å². The summed E-state index contributed by atoms with van der Waals surface area (Å²) in [4.78, 5) is 39.5. The zero-order chi connectivity index (χ0) is 26.0. The van der Waals surface area contributed by atoms with Gasteiger partial charge in [-0.3, -0.25) is 14.4 Å². The van der Waals surface area contributed by atoms with Gasteiger partial charge in [0, 0.05) is 27.4 Å². The van der Waals surface area contributed by atoms with E-state index in [1.54, 1.807) is 36.4 Å². The molecule has 1 heterocycles. The SMILES string of the molecule is COc1ccc(NC(=O)c2cccc(NC3=C(Cl)C(=O)N(c4cc(Cl)cc(Cl)c4)C3=O)c2)c(OC)c1. The summed E-state index contributed by atoms with van der Waals surface area (Å²) in [7, 11) is 3.01. The molecule has 36 heavy (non-hydrogen) atoms. The maximum absolute atomic E-state index is 13.0. The van der Waals surface area contributed by atoms with Crippen LogP contribution in [0.15, 0.2) is 71.4 Å². The molecule has 0 aromatic heterocycles. The number of carbonyl (C=O) groups excluding carboxylic acids is 3. The van der Waals surface area contributed by atoms with E-state index in [4.69, 9.17) is 44.3 Å². The van der Waals surface area contributed by atoms with E-state index < -0.39 is 17.7 Å². The molecular formula is C25H18Cl3N3O5. The molecular weight excluding hydrogens is 529 g/mol. The van der Waals surface area contributed by atoms with Crippen molar-refractivity contribution < 1.29 is 23.9 Å². The fourth-order valence-electron chi connectivity index (χ4n) is 3.49. The fraction of sp³-hybridized carbons (Fsp3) is 0.0800. The molecule has 4 rings (SSSR count). The van der Waals surface area contributed by atoms with Crippen molar-refractivity contribution in [2.75, 3.05) is 29.8 Å². The molecule has 3 aromatic rings. The van der Waals surface area contributed by atoms with Gasteiger partial charge in [0.15, 0.2) is 0 Å². The van der Waals surface area contributed by atoms with Gasteiger partial charge in [-0.25, -0.2) is 4.90 Å². The third kappa shape index (κ3) is 5.11. The van der Waals surface area contributed by atoms with Crippen molar-refractivity contribution in [1.29, 1.82) is 0 Å². The van der Waals surface area contributed by atoms with E-state index in [9.17, 15) is 14.4 Å². The Balaban J connectivity index is 1.55. The molecule has 0 saturated carbocycles. The van der Waals surface area contributed by atoms with Crippen molar-refractivity contribution in [3.05, 3.63) is 87.0 Å². The molecule has 8 nitrogen and oxygen atoms in total. The molecule has 3 aromatic carbocycles. The van der Waals surface area contributed by atoms with Gasteiger partial charge in [-0.2, -0.15) is 0 Å². The van der Waals surface area contributed by atoms with Crippen molar-refractivity contribution >= 4 is 69.6 Å². The van der Waals surface area contributed by atoms with Gasteiger partial charge in [0.2, 0.25) is 0 Å². The third-order valence-electron chi connectivity index (χ3n) is 5.18. The Kier molecular flexibility index (Phi) is 7.40. The monoisotopic (exact) mass is 545 g/mol. The number of halogens is 3. The summed E-state index contributed by atoms with van der Waals surface area (Å²) < 4.78 is 10.5. The van der Waals surface area contributed by atoms with Crippen LogP contribution < -0.4 is 25.0 Å². The van der Waals surface area contributed by atoms with Crippen LogP contribution in [0.3, 0.4) is 0 Å². The summed E-state index contributed by atoms with van der Waals surface area (Å²) in [5.41, 5.74) is 1.13. The number of hydrogen-bond donors (Lipinski definition) is 2. The first-order valence-corrected chi connectivity index (χ1v) is 11.5. The first-order valence-electron chi connectivity index (χ1n) is 10.4. The highest BCUT2D eigenvalue weighted by atomic mass is 35.5. The van der Waals surface area contributed by atoms with Gasteiger partial charge in [0.1, 0.15) is 22.2 Å². The van der Waals surface area contributed by atoms with Crippen LogP contribution in [0.4, 0.5) is 17.1 Å². The highest BCUT2D eigenvalue weighted by Gasteiger charge is 2.39. The topological polar surface area (TPSA) is 97.0 Å². The van der Waals surface area contributed by atoms with Crippen LogP contribution in [0.1, 0.15) is 10.4 Å². The molecule has 3 amide bonds. The van der Waals surface area contributed by atoms with E-state index in [1.165, 1.54) is 38.5 Å². The maximum Gasteiger partial charge on any atom is 0.283 e. The maximum atomic E-state index is 13.0. The molecule has 0 radical (unpaired) electrons. The molecule has 0 spiro atoms. The Bertz CT molecular complexity index is 1400. The molecule has 2 N–H and O–H groups in total. The van der Waals surface area contributed by atoms with Crippen LogP contribution in [0, 0.1) is 0 Å². The van der Waals surface area contributed by atoms with Crippen LogP contribution in [0.25, 0.3) is 0 Å². The van der Waals surface area contributed by atoms with Crippen molar-refractivity contribution in [3.8, 4) is 11.5 Å². The largest absolute Gasteiger partial charge is 0.497 e. The minimum absolute atomic E-state index is 0.146. The number of amides is 3. The number of carbonyl (C=O) groups is 3. The number of anilines is 3. The lowest BCUT2D eigenvalue weighted by Crippen LogP contribution is -2.32. The van der Waals surface area contributed by atoms with E-state index in [0.717, 1.165) is 4.90 Å². The van der Waals surface area contributed by atoms with Crippen molar-refractivity contribution in [2.24, 2.45) is 0 Å². The van der Waals surface area contributed by atoms with Gasteiger partial charge < -0.3 is 20.1 Å². The Hall–Kier alpha value is -3.72. The smallest absolute Gasteiger partial charge is 0.283 e. The summed E-state index contributed by atoms with van der Waals surface area (Å²) in [6.45, 7) is 0. The van der Waals surface area contributed by atoms with E-state index in [2.05, 4.69) is 10.6 Å². The van der Waals surface area contributed by atoms with Gasteiger partial charge >= 0.3 is 0 Å². The Morgan fingerprint density at radius 3 is 2.25 bits per heavy atom. The molecule has 0 atom stereocenters. The molecule has 0 unspecified atom stereocenters. The zero-order valence-electron chi connectivity index (χ0n) is 18.9. The van der Waals surface area contributed by atoms with Gasteiger partial charge in [0.25, 0.3) is 17.7 Å². The van der Waals surface area contributed by atoms with Gasteiger partial charge in [-0.1, -0.05) is 40.9 Å². The third-order valence-corrected chi connectivity index (χ3v) is 5.97. The van der Waals surface area contributed by atoms with Gasteiger partial charge in [-0.05, 0) is 48.5 Å². The average molecular weight is 547 g/mol. The zero-order valence-corrected chi connectivity index (χ0v) is 21.2. The number of rotatable bonds is 7. The Morgan fingerprint density at radius 2 is 1.58 bits per heavy atom. The quantitative estimate of drug-likeness (QED) is 0.369. The number of benzene rings is 3. The predicted octanol–water partition coefficient (Wildman–Crippen LogP) is 5.70. The number of methoxy groups -OCH3 is 2. The highest BCUT2D eigenvalue weighted by Crippen LogP contribution is 2.34. The lowest BCUT2D eigenvalue weighted by atomic mass is 10.1. The Labute approximate surface area is 221 Å². The minimum atomic E-state index is -0.733. The molecule has 0 bridgehead atoms. The molecule has 11 heteroatoms. The molecule has 184 valence electrons. The van der Waals surface area contributed by atoms with Gasteiger partial charge in [-0.15, -0.1) is 0 Å². The Morgan fingerprint density at radius 1 is 0.861 bits per heavy atom.